The van der Waals surface area contributed by atoms with Crippen LogP contribution in [0.15, 0.2) is 18.2 Å². The molecule has 6 heteroatoms. The van der Waals surface area contributed by atoms with Crippen molar-refractivity contribution in [3.8, 4) is 0 Å². The van der Waals surface area contributed by atoms with Gasteiger partial charge in [0.25, 0.3) is 5.91 Å². The van der Waals surface area contributed by atoms with E-state index in [1.807, 2.05) is 0 Å². The van der Waals surface area contributed by atoms with Gasteiger partial charge in [0.15, 0.2) is 0 Å². The Balaban J connectivity index is 1.73. The molecule has 0 radical (unpaired) electrons. The number of carbonyl (C=O) groups excluding carboxylic acids is 2. The SMILES string of the molecule is NC1CCCC1NC(=O)c1ccc(N2CCCCC2=O)cc1F. The molecule has 1 saturated heterocycles. The number of nitrogens with one attached hydrogen (secondary N) is 1. The van der Waals surface area contributed by atoms with Gasteiger partial charge in [0.2, 0.25) is 5.91 Å². The van der Waals surface area contributed by atoms with Crippen molar-refractivity contribution in [1.29, 1.82) is 0 Å². The second kappa shape index (κ2) is 6.66. The molecule has 0 spiro atoms. The van der Waals surface area contributed by atoms with Crippen LogP contribution in [-0.4, -0.2) is 30.4 Å². The van der Waals surface area contributed by atoms with Gasteiger partial charge in [0.05, 0.1) is 5.56 Å². The third kappa shape index (κ3) is 3.37. The summed E-state index contributed by atoms with van der Waals surface area (Å²) in [6.45, 7) is 0.598. The van der Waals surface area contributed by atoms with Crippen LogP contribution in [0.3, 0.4) is 0 Å². The van der Waals surface area contributed by atoms with Crippen molar-refractivity contribution < 1.29 is 14.0 Å². The van der Waals surface area contributed by atoms with Crippen molar-refractivity contribution in [2.75, 3.05) is 11.4 Å². The molecule has 5 nitrogen and oxygen atoms in total. The van der Waals surface area contributed by atoms with Gasteiger partial charge >= 0.3 is 0 Å². The summed E-state index contributed by atoms with van der Waals surface area (Å²) in [6, 6.07) is 4.20. The van der Waals surface area contributed by atoms with E-state index in [0.29, 0.717) is 18.7 Å². The second-order valence-electron chi connectivity index (χ2n) is 6.34. The molecule has 2 amide bonds. The summed E-state index contributed by atoms with van der Waals surface area (Å²) in [7, 11) is 0. The van der Waals surface area contributed by atoms with Crippen molar-refractivity contribution in [3.63, 3.8) is 0 Å². The van der Waals surface area contributed by atoms with Crippen molar-refractivity contribution >= 4 is 17.5 Å². The fourth-order valence-electron chi connectivity index (χ4n) is 3.35. The highest BCUT2D eigenvalue weighted by molar-refractivity contribution is 5.97. The van der Waals surface area contributed by atoms with Gasteiger partial charge in [0, 0.05) is 30.7 Å². The number of hydrogen-bond acceptors (Lipinski definition) is 3. The molecule has 1 aliphatic carbocycles. The first-order valence-corrected chi connectivity index (χ1v) is 8.22. The third-order valence-corrected chi connectivity index (χ3v) is 4.72. The summed E-state index contributed by atoms with van der Waals surface area (Å²) in [5.74, 6) is -1.05. The molecule has 3 rings (SSSR count). The van der Waals surface area contributed by atoms with Gasteiger partial charge in [0.1, 0.15) is 5.82 Å². The van der Waals surface area contributed by atoms with E-state index in [4.69, 9.17) is 5.73 Å². The Hall–Kier alpha value is -1.95. The Kier molecular flexibility index (Phi) is 4.61. The van der Waals surface area contributed by atoms with E-state index >= 15 is 0 Å². The molecule has 0 aromatic heterocycles. The van der Waals surface area contributed by atoms with Crippen molar-refractivity contribution in [1.82, 2.24) is 5.32 Å². The van der Waals surface area contributed by atoms with E-state index in [9.17, 15) is 14.0 Å². The van der Waals surface area contributed by atoms with Gasteiger partial charge in [-0.25, -0.2) is 4.39 Å². The summed E-state index contributed by atoms with van der Waals surface area (Å²) < 4.78 is 14.3. The molecule has 1 aromatic carbocycles. The fraction of sp³-hybridized carbons (Fsp3) is 0.529. The second-order valence-corrected chi connectivity index (χ2v) is 6.34. The fourth-order valence-corrected chi connectivity index (χ4v) is 3.35. The van der Waals surface area contributed by atoms with E-state index in [0.717, 1.165) is 32.1 Å². The standard InChI is InChI=1S/C17H22FN3O2/c18-13-10-11(21-9-2-1-6-16(21)22)7-8-12(13)17(23)20-15-5-3-4-14(15)19/h7-8,10,14-15H,1-6,9,19H2,(H,20,23). The van der Waals surface area contributed by atoms with Crippen LogP contribution in [0.4, 0.5) is 10.1 Å². The van der Waals surface area contributed by atoms with Crippen LogP contribution in [-0.2, 0) is 4.79 Å². The van der Waals surface area contributed by atoms with Crippen LogP contribution in [0, 0.1) is 5.82 Å². The number of nitrogens with zero attached hydrogens (tertiary/aromatic N) is 1. The Labute approximate surface area is 135 Å². The lowest BCUT2D eigenvalue weighted by Crippen LogP contribution is -2.44. The van der Waals surface area contributed by atoms with Gasteiger partial charge in [-0.3, -0.25) is 9.59 Å². The van der Waals surface area contributed by atoms with Gasteiger partial charge in [-0.1, -0.05) is 0 Å². The number of carbonyl (C=O) groups is 2. The summed E-state index contributed by atoms with van der Waals surface area (Å²) >= 11 is 0. The summed E-state index contributed by atoms with van der Waals surface area (Å²) in [5, 5.41) is 2.81. The Morgan fingerprint density at radius 3 is 2.74 bits per heavy atom. The lowest BCUT2D eigenvalue weighted by atomic mass is 10.1. The molecule has 3 N–H and O–H groups in total. The predicted octanol–water partition coefficient (Wildman–Crippen LogP) is 1.95. The maximum Gasteiger partial charge on any atom is 0.254 e. The average Bonchev–Trinajstić information content (AvgIpc) is 2.92. The summed E-state index contributed by atoms with van der Waals surface area (Å²) in [5.41, 5.74) is 6.44. The van der Waals surface area contributed by atoms with Gasteiger partial charge in [-0.2, -0.15) is 0 Å². The number of halogens is 1. The first-order chi connectivity index (χ1) is 11.1. The number of benzene rings is 1. The molecule has 0 bridgehead atoms. The molecule has 2 atom stereocenters. The number of amides is 2. The number of nitrogens with two attached hydrogens (primary N) is 1. The van der Waals surface area contributed by atoms with E-state index in [1.165, 1.54) is 12.1 Å². The van der Waals surface area contributed by atoms with Gasteiger partial charge in [-0.05, 0) is 50.3 Å². The lowest BCUT2D eigenvalue weighted by Gasteiger charge is -2.27. The van der Waals surface area contributed by atoms with Gasteiger partial charge < -0.3 is 16.0 Å². The van der Waals surface area contributed by atoms with Crippen LogP contribution in [0.25, 0.3) is 0 Å². The van der Waals surface area contributed by atoms with Crippen LogP contribution in [0.1, 0.15) is 48.9 Å². The van der Waals surface area contributed by atoms with Crippen LogP contribution in [0.2, 0.25) is 0 Å². The van der Waals surface area contributed by atoms with E-state index in [2.05, 4.69) is 5.32 Å². The molecular weight excluding hydrogens is 297 g/mol. The monoisotopic (exact) mass is 319 g/mol. The molecule has 23 heavy (non-hydrogen) atoms. The molecule has 1 saturated carbocycles. The first-order valence-electron chi connectivity index (χ1n) is 8.22. The minimum atomic E-state index is -0.607. The quantitative estimate of drug-likeness (QED) is 0.894. The Bertz CT molecular complexity index is 620. The Morgan fingerprint density at radius 2 is 2.09 bits per heavy atom. The lowest BCUT2D eigenvalue weighted by molar-refractivity contribution is -0.119. The molecule has 2 unspecified atom stereocenters. The van der Waals surface area contributed by atoms with Crippen molar-refractivity contribution in [2.24, 2.45) is 5.73 Å². The highest BCUT2D eigenvalue weighted by Crippen LogP contribution is 2.24. The van der Waals surface area contributed by atoms with Gasteiger partial charge in [-0.15, -0.1) is 0 Å². The third-order valence-electron chi connectivity index (χ3n) is 4.72. The highest BCUT2D eigenvalue weighted by Gasteiger charge is 2.27. The van der Waals surface area contributed by atoms with E-state index < -0.39 is 11.7 Å². The number of piperidine rings is 1. The van der Waals surface area contributed by atoms with Crippen molar-refractivity contribution in [3.05, 3.63) is 29.6 Å². The summed E-state index contributed by atoms with van der Waals surface area (Å²) in [6.07, 6.45) is 4.96. The van der Waals surface area contributed by atoms with Crippen LogP contribution >= 0.6 is 0 Å². The normalized spacial score (nSPS) is 24.8. The molecule has 1 aliphatic heterocycles. The molecule has 2 aliphatic rings. The highest BCUT2D eigenvalue weighted by atomic mass is 19.1. The molecule has 2 fully saturated rings. The maximum atomic E-state index is 14.3. The zero-order chi connectivity index (χ0) is 16.4. The summed E-state index contributed by atoms with van der Waals surface area (Å²) in [4.78, 5) is 25.7. The van der Waals surface area contributed by atoms with E-state index in [1.54, 1.807) is 11.0 Å². The maximum absolute atomic E-state index is 14.3. The zero-order valence-electron chi connectivity index (χ0n) is 13.1. The van der Waals surface area contributed by atoms with Crippen molar-refractivity contribution in [2.45, 2.75) is 50.6 Å². The largest absolute Gasteiger partial charge is 0.348 e. The first kappa shape index (κ1) is 15.9. The zero-order valence-corrected chi connectivity index (χ0v) is 13.1. The molecule has 1 aromatic rings. The average molecular weight is 319 g/mol. The number of rotatable bonds is 3. The Morgan fingerprint density at radius 1 is 1.26 bits per heavy atom. The van der Waals surface area contributed by atoms with Crippen LogP contribution < -0.4 is 16.0 Å². The molecular formula is C17H22FN3O2. The van der Waals surface area contributed by atoms with E-state index in [-0.39, 0.29) is 23.6 Å². The number of hydrogen-bond donors (Lipinski definition) is 2. The minimum absolute atomic E-state index is 0.00249. The smallest absolute Gasteiger partial charge is 0.254 e. The minimum Gasteiger partial charge on any atom is -0.348 e. The number of anilines is 1. The topological polar surface area (TPSA) is 75.4 Å². The van der Waals surface area contributed by atoms with Crippen LogP contribution in [0.5, 0.6) is 0 Å². The molecule has 1 heterocycles. The molecule has 124 valence electrons. The predicted molar refractivity (Wildman–Crippen MR) is 85.7 cm³/mol.